The van der Waals surface area contributed by atoms with Crippen molar-refractivity contribution < 1.29 is 0 Å². The van der Waals surface area contributed by atoms with Gasteiger partial charge in [-0.15, -0.1) is 0 Å². The van der Waals surface area contributed by atoms with Gasteiger partial charge in [0, 0.05) is 17.6 Å². The van der Waals surface area contributed by atoms with Crippen molar-refractivity contribution in [3.8, 4) is 0 Å². The Morgan fingerprint density at radius 3 is 1.82 bits per heavy atom. The molecule has 2 aliphatic rings. The molecule has 0 N–H and O–H groups in total. The van der Waals surface area contributed by atoms with Gasteiger partial charge in [-0.05, 0) is 33.6 Å². The molecule has 1 heteroatoms. The molecule has 2 fully saturated rings. The molecule has 0 radical (unpaired) electrons. The third-order valence-electron chi connectivity index (χ3n) is 3.09. The van der Waals surface area contributed by atoms with Crippen molar-refractivity contribution in [2.24, 2.45) is 0 Å². The van der Waals surface area contributed by atoms with Crippen LogP contribution >= 0.6 is 0 Å². The van der Waals surface area contributed by atoms with Crippen LogP contribution in [-0.4, -0.2) is 22.5 Å². The minimum atomic E-state index is 0.430. The van der Waals surface area contributed by atoms with E-state index in [1.54, 1.807) is 0 Å². The van der Waals surface area contributed by atoms with Gasteiger partial charge in [0.25, 0.3) is 0 Å². The number of fused-ring (bicyclic) bond motifs is 1. The number of hydrogen-bond acceptors (Lipinski definition) is 1. The van der Waals surface area contributed by atoms with E-state index >= 15 is 0 Å². The van der Waals surface area contributed by atoms with E-state index in [-0.39, 0.29) is 0 Å². The van der Waals surface area contributed by atoms with Gasteiger partial charge in [-0.25, -0.2) is 0 Å². The van der Waals surface area contributed by atoms with Gasteiger partial charge in [0.05, 0.1) is 0 Å². The normalized spacial score (nSPS) is 43.4. The molecule has 11 heavy (non-hydrogen) atoms. The predicted molar refractivity (Wildman–Crippen MR) is 47.6 cm³/mol. The summed E-state index contributed by atoms with van der Waals surface area (Å²) in [5.41, 5.74) is 0.430. The SMILES string of the molecule is CC(C)(C)N1[C@H]2CCCC[C@@H]21. The van der Waals surface area contributed by atoms with Crippen molar-refractivity contribution >= 4 is 0 Å². The topological polar surface area (TPSA) is 3.01 Å². The molecule has 2 rings (SSSR count). The Labute approximate surface area is 69.8 Å². The summed E-state index contributed by atoms with van der Waals surface area (Å²) in [6.07, 6.45) is 5.85. The van der Waals surface area contributed by atoms with Gasteiger partial charge in [-0.2, -0.15) is 0 Å². The summed E-state index contributed by atoms with van der Waals surface area (Å²) in [5.74, 6) is 0. The number of rotatable bonds is 0. The average molecular weight is 153 g/mol. The molecule has 1 nitrogen and oxygen atoms in total. The maximum Gasteiger partial charge on any atom is 0.0260 e. The van der Waals surface area contributed by atoms with E-state index in [0.29, 0.717) is 5.54 Å². The second kappa shape index (κ2) is 2.22. The second-order valence-electron chi connectivity index (χ2n) is 5.00. The fraction of sp³-hybridized carbons (Fsp3) is 1.00. The van der Waals surface area contributed by atoms with Crippen LogP contribution in [0.25, 0.3) is 0 Å². The third-order valence-corrected chi connectivity index (χ3v) is 3.09. The zero-order valence-electron chi connectivity index (χ0n) is 7.93. The maximum atomic E-state index is 2.69. The van der Waals surface area contributed by atoms with Crippen LogP contribution in [-0.2, 0) is 0 Å². The zero-order valence-corrected chi connectivity index (χ0v) is 7.93. The summed E-state index contributed by atoms with van der Waals surface area (Å²) >= 11 is 0. The standard InChI is InChI=1S/C10H19N/c1-10(2,3)11-8-6-4-5-7-9(8)11/h8-9H,4-7H2,1-3H3/t8-,9-/m0/s1. The Kier molecular flexibility index (Phi) is 1.54. The van der Waals surface area contributed by atoms with Crippen LogP contribution in [0.1, 0.15) is 46.5 Å². The summed E-state index contributed by atoms with van der Waals surface area (Å²) in [6, 6.07) is 1.92. The van der Waals surface area contributed by atoms with Crippen molar-refractivity contribution in [1.29, 1.82) is 0 Å². The summed E-state index contributed by atoms with van der Waals surface area (Å²) < 4.78 is 0. The first-order valence-corrected chi connectivity index (χ1v) is 4.89. The molecule has 0 aromatic rings. The Hall–Kier alpha value is -0.0400. The minimum absolute atomic E-state index is 0.430. The molecule has 0 unspecified atom stereocenters. The van der Waals surface area contributed by atoms with Crippen LogP contribution in [0.5, 0.6) is 0 Å². The highest BCUT2D eigenvalue weighted by atomic mass is 15.4. The van der Waals surface area contributed by atoms with Crippen LogP contribution in [0, 0.1) is 0 Å². The molecule has 1 aliphatic heterocycles. The summed E-state index contributed by atoms with van der Waals surface area (Å²) in [5, 5.41) is 0. The van der Waals surface area contributed by atoms with E-state index in [0.717, 1.165) is 12.1 Å². The van der Waals surface area contributed by atoms with E-state index < -0.39 is 0 Å². The summed E-state index contributed by atoms with van der Waals surface area (Å²) in [4.78, 5) is 2.69. The molecule has 0 bridgehead atoms. The van der Waals surface area contributed by atoms with Gasteiger partial charge in [-0.1, -0.05) is 12.8 Å². The van der Waals surface area contributed by atoms with Crippen molar-refractivity contribution in [3.63, 3.8) is 0 Å². The zero-order chi connectivity index (χ0) is 8.06. The highest BCUT2D eigenvalue weighted by molar-refractivity contribution is 5.09. The molecule has 0 amide bonds. The van der Waals surface area contributed by atoms with E-state index in [9.17, 15) is 0 Å². The molecule has 0 aromatic heterocycles. The fourth-order valence-electron chi connectivity index (χ4n) is 2.70. The highest BCUT2D eigenvalue weighted by Gasteiger charge is 2.52. The first-order valence-electron chi connectivity index (χ1n) is 4.89. The van der Waals surface area contributed by atoms with E-state index in [1.807, 2.05) is 0 Å². The molecule has 1 aliphatic carbocycles. The van der Waals surface area contributed by atoms with Gasteiger partial charge >= 0.3 is 0 Å². The van der Waals surface area contributed by atoms with Crippen LogP contribution in [0.2, 0.25) is 0 Å². The van der Waals surface area contributed by atoms with Crippen LogP contribution < -0.4 is 0 Å². The van der Waals surface area contributed by atoms with Crippen molar-refractivity contribution in [3.05, 3.63) is 0 Å². The molecule has 0 aromatic carbocycles. The molecule has 64 valence electrons. The van der Waals surface area contributed by atoms with Gasteiger partial charge in [0.15, 0.2) is 0 Å². The first kappa shape index (κ1) is 7.60. The van der Waals surface area contributed by atoms with E-state index in [1.165, 1.54) is 25.7 Å². The lowest BCUT2D eigenvalue weighted by Crippen LogP contribution is -2.28. The molecule has 1 saturated heterocycles. The van der Waals surface area contributed by atoms with Crippen LogP contribution in [0.3, 0.4) is 0 Å². The quantitative estimate of drug-likeness (QED) is 0.483. The number of likely N-dealkylation sites (tertiary alicyclic amines) is 1. The lowest BCUT2D eigenvalue weighted by atomic mass is 10.0. The smallest absolute Gasteiger partial charge is 0.0260 e. The van der Waals surface area contributed by atoms with Crippen LogP contribution in [0.15, 0.2) is 0 Å². The largest absolute Gasteiger partial charge is 0.289 e. The Balaban J connectivity index is 2.00. The average Bonchev–Trinajstić information content (AvgIpc) is 2.58. The molecule has 1 saturated carbocycles. The van der Waals surface area contributed by atoms with Gasteiger partial charge < -0.3 is 0 Å². The minimum Gasteiger partial charge on any atom is -0.289 e. The van der Waals surface area contributed by atoms with Crippen molar-refractivity contribution in [2.75, 3.05) is 0 Å². The fourth-order valence-corrected chi connectivity index (χ4v) is 2.70. The van der Waals surface area contributed by atoms with E-state index in [2.05, 4.69) is 25.7 Å². The van der Waals surface area contributed by atoms with Crippen molar-refractivity contribution in [2.45, 2.75) is 64.1 Å². The van der Waals surface area contributed by atoms with Crippen molar-refractivity contribution in [1.82, 2.24) is 4.90 Å². The number of nitrogens with zero attached hydrogens (tertiary/aromatic N) is 1. The Morgan fingerprint density at radius 1 is 1.00 bits per heavy atom. The van der Waals surface area contributed by atoms with Crippen LogP contribution in [0.4, 0.5) is 0 Å². The maximum absolute atomic E-state index is 2.69. The predicted octanol–water partition coefficient (Wildman–Crippen LogP) is 2.41. The highest BCUT2D eigenvalue weighted by Crippen LogP contribution is 2.45. The van der Waals surface area contributed by atoms with Gasteiger partial charge in [-0.3, -0.25) is 4.90 Å². The molecule has 2 atom stereocenters. The lowest BCUT2D eigenvalue weighted by molar-refractivity contribution is 0.269. The summed E-state index contributed by atoms with van der Waals surface area (Å²) in [7, 11) is 0. The van der Waals surface area contributed by atoms with E-state index in [4.69, 9.17) is 0 Å². The molecular weight excluding hydrogens is 134 g/mol. The first-order chi connectivity index (χ1) is 5.11. The van der Waals surface area contributed by atoms with Gasteiger partial charge in [0.2, 0.25) is 0 Å². The number of hydrogen-bond donors (Lipinski definition) is 0. The Bertz CT molecular complexity index is 145. The Morgan fingerprint density at radius 2 is 1.45 bits per heavy atom. The summed E-state index contributed by atoms with van der Waals surface area (Å²) in [6.45, 7) is 7.02. The monoisotopic (exact) mass is 153 g/mol. The lowest BCUT2D eigenvalue weighted by Gasteiger charge is -2.21. The third kappa shape index (κ3) is 1.20. The van der Waals surface area contributed by atoms with Gasteiger partial charge in [0.1, 0.15) is 0 Å². The molecular formula is C10H19N. The molecule has 1 heterocycles. The molecule has 0 spiro atoms. The second-order valence-corrected chi connectivity index (χ2v) is 5.00.